The number of methoxy groups -OCH3 is 1. The Morgan fingerprint density at radius 2 is 2.42 bits per heavy atom. The average Bonchev–Trinajstić information content (AvgIpc) is 2.48. The smallest absolute Gasteiger partial charge is 0.339 e. The summed E-state index contributed by atoms with van der Waals surface area (Å²) in [6.07, 6.45) is -1.14. The second kappa shape index (κ2) is 3.69. The third kappa shape index (κ3) is 1.65. The maximum Gasteiger partial charge on any atom is 0.339 e. The van der Waals surface area contributed by atoms with Crippen molar-refractivity contribution in [2.24, 2.45) is 0 Å². The van der Waals surface area contributed by atoms with Gasteiger partial charge in [0.1, 0.15) is 0 Å². The van der Waals surface area contributed by atoms with Gasteiger partial charge < -0.3 is 9.84 Å². The number of hydrogen-bond acceptors (Lipinski definition) is 4. The molecule has 0 saturated heterocycles. The monoisotopic (exact) mass is 186 g/mol. The van der Waals surface area contributed by atoms with Crippen LogP contribution in [0.15, 0.2) is 11.4 Å². The van der Waals surface area contributed by atoms with E-state index in [1.54, 1.807) is 6.07 Å². The summed E-state index contributed by atoms with van der Waals surface area (Å²) in [4.78, 5) is 11.8. The Labute approximate surface area is 74.6 Å². The molecular formula is C8H10O3S. The van der Waals surface area contributed by atoms with E-state index in [4.69, 9.17) is 0 Å². The molecule has 0 aliphatic heterocycles. The molecule has 66 valence electrons. The van der Waals surface area contributed by atoms with E-state index in [-0.39, 0.29) is 0 Å². The van der Waals surface area contributed by atoms with Gasteiger partial charge in [0.25, 0.3) is 0 Å². The molecule has 0 aromatic carbocycles. The molecule has 4 heteroatoms. The highest BCUT2D eigenvalue weighted by Crippen LogP contribution is 2.22. The molecule has 0 aliphatic carbocycles. The highest BCUT2D eigenvalue weighted by molar-refractivity contribution is 7.10. The first-order valence-electron chi connectivity index (χ1n) is 3.46. The Hall–Kier alpha value is -0.870. The molecule has 1 heterocycles. The van der Waals surface area contributed by atoms with Crippen LogP contribution in [0.25, 0.3) is 0 Å². The van der Waals surface area contributed by atoms with Gasteiger partial charge in [-0.15, -0.1) is 11.3 Å². The fourth-order valence-electron chi connectivity index (χ4n) is 0.917. The van der Waals surface area contributed by atoms with Crippen molar-refractivity contribution in [1.82, 2.24) is 0 Å². The van der Waals surface area contributed by atoms with E-state index in [9.17, 15) is 9.90 Å². The lowest BCUT2D eigenvalue weighted by atomic mass is 10.1. The summed E-state index contributed by atoms with van der Waals surface area (Å²) in [6.45, 7) is 1.85. The molecular weight excluding hydrogens is 176 g/mol. The quantitative estimate of drug-likeness (QED) is 0.707. The molecule has 0 radical (unpaired) electrons. The summed E-state index contributed by atoms with van der Waals surface area (Å²) in [5, 5.41) is 11.2. The van der Waals surface area contributed by atoms with Gasteiger partial charge >= 0.3 is 5.97 Å². The number of carbonyl (C=O) groups is 1. The number of esters is 1. The summed E-state index contributed by atoms with van der Waals surface area (Å²) in [5.41, 5.74) is 0.631. The fraction of sp³-hybridized carbons (Fsp3) is 0.375. The topological polar surface area (TPSA) is 46.5 Å². The highest BCUT2D eigenvalue weighted by Gasteiger charge is 2.19. The molecule has 1 aromatic heterocycles. The molecule has 0 aliphatic rings. The van der Waals surface area contributed by atoms with Crippen molar-refractivity contribution < 1.29 is 14.6 Å². The van der Waals surface area contributed by atoms with Crippen LogP contribution in [0, 0.1) is 6.92 Å². The number of rotatable bonds is 2. The molecule has 0 spiro atoms. The van der Waals surface area contributed by atoms with Crippen LogP contribution in [-0.2, 0) is 9.53 Å². The lowest BCUT2D eigenvalue weighted by Gasteiger charge is -2.06. The molecule has 1 N–H and O–H groups in total. The predicted octanol–water partition coefficient (Wildman–Crippen LogP) is 1.26. The first-order chi connectivity index (χ1) is 5.66. The van der Waals surface area contributed by atoms with Gasteiger partial charge in [-0.1, -0.05) is 0 Å². The summed E-state index contributed by atoms with van der Waals surface area (Å²) in [7, 11) is 1.26. The molecule has 1 unspecified atom stereocenters. The van der Waals surface area contributed by atoms with E-state index in [0.717, 1.165) is 4.88 Å². The Morgan fingerprint density at radius 3 is 2.83 bits per heavy atom. The van der Waals surface area contributed by atoms with Gasteiger partial charge in [0.2, 0.25) is 0 Å². The minimum absolute atomic E-state index is 0.614. The van der Waals surface area contributed by atoms with Crippen molar-refractivity contribution in [2.45, 2.75) is 13.0 Å². The van der Waals surface area contributed by atoms with Gasteiger partial charge in [-0.2, -0.15) is 0 Å². The van der Waals surface area contributed by atoms with Crippen LogP contribution in [0.2, 0.25) is 0 Å². The first-order valence-corrected chi connectivity index (χ1v) is 4.34. The van der Waals surface area contributed by atoms with Gasteiger partial charge in [-0.3, -0.25) is 0 Å². The maximum atomic E-state index is 10.9. The van der Waals surface area contributed by atoms with Crippen molar-refractivity contribution in [2.75, 3.05) is 7.11 Å². The fourth-order valence-corrected chi connectivity index (χ4v) is 1.65. The summed E-state index contributed by atoms with van der Waals surface area (Å²) < 4.78 is 4.41. The van der Waals surface area contributed by atoms with Gasteiger partial charge in [0.05, 0.1) is 7.11 Å². The summed E-state index contributed by atoms with van der Waals surface area (Å²) in [6, 6.07) is 1.72. The van der Waals surface area contributed by atoms with E-state index < -0.39 is 12.1 Å². The molecule has 1 aromatic rings. The normalized spacial score (nSPS) is 12.6. The van der Waals surface area contributed by atoms with E-state index >= 15 is 0 Å². The molecule has 1 atom stereocenters. The summed E-state index contributed by atoms with van der Waals surface area (Å²) >= 11 is 1.49. The first kappa shape index (κ1) is 9.22. The zero-order valence-electron chi connectivity index (χ0n) is 6.90. The lowest BCUT2D eigenvalue weighted by molar-refractivity contribution is -0.150. The van der Waals surface area contributed by atoms with Gasteiger partial charge in [0.15, 0.2) is 6.10 Å². The Morgan fingerprint density at radius 1 is 1.75 bits per heavy atom. The zero-order chi connectivity index (χ0) is 9.14. The number of ether oxygens (including phenoxy) is 1. The third-order valence-electron chi connectivity index (χ3n) is 1.62. The van der Waals surface area contributed by atoms with Crippen LogP contribution in [0.5, 0.6) is 0 Å². The standard InChI is InChI=1S/C8H10O3S/c1-5-6(3-4-12-5)7(9)8(10)11-2/h3-4,7,9H,1-2H3. The number of aryl methyl sites for hydroxylation is 1. The zero-order valence-corrected chi connectivity index (χ0v) is 7.72. The molecule has 0 amide bonds. The third-order valence-corrected chi connectivity index (χ3v) is 2.48. The lowest BCUT2D eigenvalue weighted by Crippen LogP contribution is -2.13. The Kier molecular flexibility index (Phi) is 2.83. The molecule has 0 bridgehead atoms. The number of carbonyl (C=O) groups excluding carboxylic acids is 1. The van der Waals surface area contributed by atoms with Crippen LogP contribution >= 0.6 is 11.3 Å². The highest BCUT2D eigenvalue weighted by atomic mass is 32.1. The summed E-state index contributed by atoms with van der Waals surface area (Å²) in [5.74, 6) is -0.614. The molecule has 3 nitrogen and oxygen atoms in total. The second-order valence-electron chi connectivity index (χ2n) is 2.36. The predicted molar refractivity (Wildman–Crippen MR) is 46.0 cm³/mol. The average molecular weight is 186 g/mol. The maximum absolute atomic E-state index is 10.9. The van der Waals surface area contributed by atoms with E-state index in [1.165, 1.54) is 18.4 Å². The number of aliphatic hydroxyl groups is 1. The SMILES string of the molecule is COC(=O)C(O)c1ccsc1C. The Bertz CT molecular complexity index is 280. The number of thiophene rings is 1. The number of hydrogen-bond donors (Lipinski definition) is 1. The molecule has 0 fully saturated rings. The van der Waals surface area contributed by atoms with Crippen LogP contribution in [0.4, 0.5) is 0 Å². The van der Waals surface area contributed by atoms with Crippen LogP contribution in [0.3, 0.4) is 0 Å². The minimum Gasteiger partial charge on any atom is -0.467 e. The van der Waals surface area contributed by atoms with Crippen molar-refractivity contribution in [3.05, 3.63) is 21.9 Å². The van der Waals surface area contributed by atoms with Crippen LogP contribution in [-0.4, -0.2) is 18.2 Å². The second-order valence-corrected chi connectivity index (χ2v) is 3.48. The van der Waals surface area contributed by atoms with Crippen molar-refractivity contribution in [3.8, 4) is 0 Å². The van der Waals surface area contributed by atoms with Gasteiger partial charge in [-0.05, 0) is 18.4 Å². The van der Waals surface area contributed by atoms with Crippen molar-refractivity contribution in [1.29, 1.82) is 0 Å². The van der Waals surface area contributed by atoms with Crippen LogP contribution < -0.4 is 0 Å². The van der Waals surface area contributed by atoms with Gasteiger partial charge in [-0.25, -0.2) is 4.79 Å². The van der Waals surface area contributed by atoms with Crippen molar-refractivity contribution in [3.63, 3.8) is 0 Å². The van der Waals surface area contributed by atoms with E-state index in [0.29, 0.717) is 5.56 Å². The molecule has 0 saturated carbocycles. The van der Waals surface area contributed by atoms with Gasteiger partial charge in [0, 0.05) is 10.4 Å². The molecule has 1 rings (SSSR count). The van der Waals surface area contributed by atoms with E-state index in [1.807, 2.05) is 12.3 Å². The number of aliphatic hydroxyl groups excluding tert-OH is 1. The molecule has 12 heavy (non-hydrogen) atoms. The van der Waals surface area contributed by atoms with Crippen molar-refractivity contribution >= 4 is 17.3 Å². The van der Waals surface area contributed by atoms with E-state index in [2.05, 4.69) is 4.74 Å². The minimum atomic E-state index is -1.14. The Balaban J connectivity index is 2.84. The largest absolute Gasteiger partial charge is 0.467 e. The van der Waals surface area contributed by atoms with Crippen LogP contribution in [0.1, 0.15) is 16.5 Å².